The van der Waals surface area contributed by atoms with Gasteiger partial charge in [0.25, 0.3) is 0 Å². The van der Waals surface area contributed by atoms with Crippen molar-refractivity contribution in [2.75, 3.05) is 13.2 Å². The lowest BCUT2D eigenvalue weighted by Crippen LogP contribution is -2.16. The fourth-order valence-corrected chi connectivity index (χ4v) is 1.62. The van der Waals surface area contributed by atoms with E-state index in [9.17, 15) is 14.7 Å². The summed E-state index contributed by atoms with van der Waals surface area (Å²) in [5.41, 5.74) is -0.211. The Morgan fingerprint density at radius 3 is 2.56 bits per heavy atom. The molecule has 1 N–H and O–H groups in total. The van der Waals surface area contributed by atoms with Gasteiger partial charge in [0.2, 0.25) is 0 Å². The van der Waals surface area contributed by atoms with Crippen LogP contribution in [-0.2, 0) is 14.3 Å². The van der Waals surface area contributed by atoms with E-state index in [0.717, 1.165) is 0 Å². The van der Waals surface area contributed by atoms with Crippen molar-refractivity contribution in [3.05, 3.63) is 27.7 Å². The van der Waals surface area contributed by atoms with Gasteiger partial charge in [0, 0.05) is 5.02 Å². The van der Waals surface area contributed by atoms with Crippen LogP contribution in [0.3, 0.4) is 0 Å². The normalized spacial score (nSPS) is 9.94. The zero-order valence-electron chi connectivity index (χ0n) is 9.41. The first-order valence-corrected chi connectivity index (χ1v) is 5.72. The van der Waals surface area contributed by atoms with Crippen LogP contribution in [0.5, 0.6) is 5.75 Å². The Hall–Kier alpha value is -1.46. The fourth-order valence-electron chi connectivity index (χ4n) is 1.13. The number of benzene rings is 1. The smallest absolute Gasteiger partial charge is 0.344 e. The maximum atomic E-state index is 11.6. The lowest BCUT2D eigenvalue weighted by atomic mass is 10.2. The van der Waals surface area contributed by atoms with E-state index in [1.54, 1.807) is 6.92 Å². The summed E-state index contributed by atoms with van der Waals surface area (Å²) in [6.45, 7) is 1.27. The van der Waals surface area contributed by atoms with E-state index >= 15 is 0 Å². The number of hydrogen-bond acceptors (Lipinski definition) is 5. The van der Waals surface area contributed by atoms with Crippen LogP contribution in [0.1, 0.15) is 17.3 Å². The zero-order valence-corrected chi connectivity index (χ0v) is 10.9. The number of phenols is 1. The molecule has 0 saturated carbocycles. The fraction of sp³-hybridized carbons (Fsp3) is 0.273. The SMILES string of the molecule is CCOC(=O)COC(=O)c1cc(Cl)cc(Cl)c1O. The van der Waals surface area contributed by atoms with Gasteiger partial charge in [-0.3, -0.25) is 0 Å². The summed E-state index contributed by atoms with van der Waals surface area (Å²) in [5.74, 6) is -2.04. The molecule has 1 aromatic rings. The minimum Gasteiger partial charge on any atom is -0.505 e. The highest BCUT2D eigenvalue weighted by molar-refractivity contribution is 6.36. The van der Waals surface area contributed by atoms with Gasteiger partial charge in [-0.1, -0.05) is 23.2 Å². The van der Waals surface area contributed by atoms with Crippen molar-refractivity contribution in [3.8, 4) is 5.75 Å². The van der Waals surface area contributed by atoms with Gasteiger partial charge >= 0.3 is 11.9 Å². The summed E-state index contributed by atoms with van der Waals surface area (Å²) in [6.07, 6.45) is 0. The number of carbonyl (C=O) groups is 2. The van der Waals surface area contributed by atoms with Gasteiger partial charge in [-0.05, 0) is 19.1 Å². The number of aromatic hydroxyl groups is 1. The summed E-state index contributed by atoms with van der Waals surface area (Å²) in [4.78, 5) is 22.6. The molecule has 0 fully saturated rings. The molecule has 0 aliphatic carbocycles. The van der Waals surface area contributed by atoms with E-state index in [0.29, 0.717) is 0 Å². The van der Waals surface area contributed by atoms with Gasteiger partial charge in [-0.15, -0.1) is 0 Å². The van der Waals surface area contributed by atoms with Crippen LogP contribution in [0.25, 0.3) is 0 Å². The van der Waals surface area contributed by atoms with Crippen LogP contribution in [0.15, 0.2) is 12.1 Å². The molecule has 0 spiro atoms. The quantitative estimate of drug-likeness (QED) is 0.863. The van der Waals surface area contributed by atoms with Crippen molar-refractivity contribution >= 4 is 35.1 Å². The number of carbonyl (C=O) groups excluding carboxylic acids is 2. The van der Waals surface area contributed by atoms with E-state index in [4.69, 9.17) is 23.2 Å². The number of ether oxygens (including phenoxy) is 2. The van der Waals surface area contributed by atoms with Gasteiger partial charge in [-0.2, -0.15) is 0 Å². The molecular weight excluding hydrogens is 283 g/mol. The molecule has 0 radical (unpaired) electrons. The molecule has 18 heavy (non-hydrogen) atoms. The monoisotopic (exact) mass is 292 g/mol. The van der Waals surface area contributed by atoms with Gasteiger partial charge in [0.15, 0.2) is 6.61 Å². The minimum absolute atomic E-state index is 0.0782. The maximum Gasteiger partial charge on any atom is 0.344 e. The third kappa shape index (κ3) is 3.78. The van der Waals surface area contributed by atoms with Crippen molar-refractivity contribution in [2.45, 2.75) is 6.92 Å². The van der Waals surface area contributed by atoms with E-state index in [1.807, 2.05) is 0 Å². The van der Waals surface area contributed by atoms with Crippen LogP contribution in [0, 0.1) is 0 Å². The topological polar surface area (TPSA) is 72.8 Å². The lowest BCUT2D eigenvalue weighted by Gasteiger charge is -2.07. The zero-order chi connectivity index (χ0) is 13.7. The molecule has 7 heteroatoms. The van der Waals surface area contributed by atoms with E-state index in [2.05, 4.69) is 9.47 Å². The van der Waals surface area contributed by atoms with Crippen LogP contribution in [0.2, 0.25) is 10.0 Å². The molecule has 0 heterocycles. The first kappa shape index (κ1) is 14.6. The molecule has 0 saturated heterocycles. The van der Waals surface area contributed by atoms with Crippen LogP contribution in [0.4, 0.5) is 0 Å². The van der Waals surface area contributed by atoms with Gasteiger partial charge < -0.3 is 14.6 Å². The molecule has 5 nitrogen and oxygen atoms in total. The average molecular weight is 293 g/mol. The summed E-state index contributed by atoms with van der Waals surface area (Å²) in [6, 6.07) is 2.47. The van der Waals surface area contributed by atoms with Gasteiger partial charge in [0.05, 0.1) is 11.6 Å². The first-order valence-electron chi connectivity index (χ1n) is 4.96. The molecule has 0 aliphatic heterocycles. The molecule has 0 amide bonds. The Balaban J connectivity index is 2.76. The Kier molecular flexibility index (Phi) is 5.25. The molecule has 0 unspecified atom stereocenters. The van der Waals surface area contributed by atoms with Crippen molar-refractivity contribution in [1.29, 1.82) is 0 Å². The summed E-state index contributed by atoms with van der Waals surface area (Å²) < 4.78 is 9.22. The first-order chi connectivity index (χ1) is 8.45. The van der Waals surface area contributed by atoms with Gasteiger partial charge in [0.1, 0.15) is 11.3 Å². The molecule has 98 valence electrons. The van der Waals surface area contributed by atoms with E-state index in [-0.39, 0.29) is 22.2 Å². The maximum absolute atomic E-state index is 11.6. The van der Waals surface area contributed by atoms with E-state index in [1.165, 1.54) is 12.1 Å². The second kappa shape index (κ2) is 6.47. The Bertz CT molecular complexity index is 473. The molecule has 1 aromatic carbocycles. The predicted octanol–water partition coefficient (Wildman–Crippen LogP) is 2.42. The summed E-state index contributed by atoms with van der Waals surface area (Å²) >= 11 is 11.3. The highest BCUT2D eigenvalue weighted by atomic mass is 35.5. The third-order valence-corrected chi connectivity index (χ3v) is 2.38. The van der Waals surface area contributed by atoms with E-state index < -0.39 is 24.3 Å². The second-order valence-corrected chi connectivity index (χ2v) is 4.01. The molecular formula is C11H10Cl2O5. The van der Waals surface area contributed by atoms with Crippen molar-refractivity contribution in [3.63, 3.8) is 0 Å². The second-order valence-electron chi connectivity index (χ2n) is 3.16. The highest BCUT2D eigenvalue weighted by Gasteiger charge is 2.18. The largest absolute Gasteiger partial charge is 0.505 e. The number of phenolic OH excluding ortho intramolecular Hbond substituents is 1. The average Bonchev–Trinajstić information content (AvgIpc) is 2.31. The van der Waals surface area contributed by atoms with Gasteiger partial charge in [-0.25, -0.2) is 9.59 Å². The molecule has 1 rings (SSSR count). The van der Waals surface area contributed by atoms with Crippen LogP contribution >= 0.6 is 23.2 Å². The van der Waals surface area contributed by atoms with Crippen molar-refractivity contribution < 1.29 is 24.2 Å². The number of hydrogen-bond donors (Lipinski definition) is 1. The summed E-state index contributed by atoms with van der Waals surface area (Å²) in [7, 11) is 0. The number of esters is 2. The molecule has 0 aliphatic rings. The van der Waals surface area contributed by atoms with Crippen LogP contribution < -0.4 is 0 Å². The Morgan fingerprint density at radius 2 is 1.94 bits per heavy atom. The minimum atomic E-state index is -0.912. The summed E-state index contributed by atoms with van der Waals surface area (Å²) in [5, 5.41) is 9.64. The molecule has 0 bridgehead atoms. The van der Waals surface area contributed by atoms with Crippen molar-refractivity contribution in [2.24, 2.45) is 0 Å². The molecule has 0 aromatic heterocycles. The Labute approximate surface area is 113 Å². The van der Waals surface area contributed by atoms with Crippen molar-refractivity contribution in [1.82, 2.24) is 0 Å². The third-order valence-electron chi connectivity index (χ3n) is 1.87. The Morgan fingerprint density at radius 1 is 1.28 bits per heavy atom. The molecule has 0 atom stereocenters. The number of rotatable bonds is 4. The number of halogens is 2. The standard InChI is InChI=1S/C11H10Cl2O5/c1-2-17-9(14)5-18-11(16)7-3-6(12)4-8(13)10(7)15/h3-4,15H,2,5H2,1H3. The lowest BCUT2D eigenvalue weighted by molar-refractivity contribution is -0.146. The predicted molar refractivity (Wildman–Crippen MR) is 65.0 cm³/mol. The van der Waals surface area contributed by atoms with Crippen LogP contribution in [-0.4, -0.2) is 30.3 Å². The highest BCUT2D eigenvalue weighted by Crippen LogP contribution is 2.31.